The topological polar surface area (TPSA) is 29.9 Å². The highest BCUT2D eigenvalue weighted by Crippen LogP contribution is 2.19. The molecule has 3 nitrogen and oxygen atoms in total. The van der Waals surface area contributed by atoms with E-state index in [0.29, 0.717) is 12.1 Å². The molecule has 108 valence electrons. The third kappa shape index (κ3) is 3.28. The van der Waals surface area contributed by atoms with Crippen molar-refractivity contribution < 1.29 is 0 Å². The van der Waals surface area contributed by atoms with Gasteiger partial charge in [0.05, 0.1) is 12.0 Å². The van der Waals surface area contributed by atoms with E-state index in [0.717, 1.165) is 6.54 Å². The van der Waals surface area contributed by atoms with Crippen LogP contribution in [0.15, 0.2) is 30.7 Å². The highest BCUT2D eigenvalue weighted by atomic mass is 15.1. The molecular formula is C17H25N3. The molecule has 0 radical (unpaired) electrons. The predicted molar refractivity (Wildman–Crippen MR) is 83.8 cm³/mol. The first-order valence-corrected chi connectivity index (χ1v) is 7.30. The Kier molecular flexibility index (Phi) is 4.61. The van der Waals surface area contributed by atoms with Crippen LogP contribution in [0, 0.1) is 13.8 Å². The second-order valence-electron chi connectivity index (χ2n) is 5.85. The van der Waals surface area contributed by atoms with E-state index >= 15 is 0 Å². The van der Waals surface area contributed by atoms with Gasteiger partial charge in [-0.25, -0.2) is 4.98 Å². The summed E-state index contributed by atoms with van der Waals surface area (Å²) in [6.07, 6.45) is 3.85. The normalized spacial score (nSPS) is 12.9. The summed E-state index contributed by atoms with van der Waals surface area (Å²) in [5.74, 6) is 0. The molecule has 1 atom stereocenters. The van der Waals surface area contributed by atoms with Gasteiger partial charge in [-0.3, -0.25) is 0 Å². The van der Waals surface area contributed by atoms with Crippen molar-refractivity contribution in [2.75, 3.05) is 0 Å². The van der Waals surface area contributed by atoms with Crippen molar-refractivity contribution in [3.05, 3.63) is 53.1 Å². The Hall–Kier alpha value is -1.61. The highest BCUT2D eigenvalue weighted by molar-refractivity contribution is 5.32. The van der Waals surface area contributed by atoms with Gasteiger partial charge in [0.2, 0.25) is 0 Å². The molecule has 1 unspecified atom stereocenters. The molecule has 1 N–H and O–H groups in total. The fourth-order valence-corrected chi connectivity index (χ4v) is 2.61. The van der Waals surface area contributed by atoms with E-state index in [2.05, 4.69) is 67.7 Å². The van der Waals surface area contributed by atoms with Gasteiger partial charge in [0, 0.05) is 24.8 Å². The molecule has 0 saturated carbocycles. The van der Waals surface area contributed by atoms with Crippen LogP contribution in [0.3, 0.4) is 0 Å². The smallest absolute Gasteiger partial charge is 0.0951 e. The molecule has 0 fully saturated rings. The minimum Gasteiger partial charge on any atom is -0.331 e. The maximum Gasteiger partial charge on any atom is 0.0951 e. The lowest BCUT2D eigenvalue weighted by Gasteiger charge is -2.18. The zero-order valence-electron chi connectivity index (χ0n) is 13.1. The van der Waals surface area contributed by atoms with E-state index in [1.54, 1.807) is 0 Å². The number of rotatable bonds is 5. The van der Waals surface area contributed by atoms with Crippen molar-refractivity contribution in [2.45, 2.75) is 53.2 Å². The molecule has 0 aliphatic rings. The molecule has 1 heterocycles. The summed E-state index contributed by atoms with van der Waals surface area (Å²) < 4.78 is 2.21. The van der Waals surface area contributed by atoms with Crippen molar-refractivity contribution in [3.63, 3.8) is 0 Å². The Bertz CT molecular complexity index is 569. The Labute approximate surface area is 122 Å². The fourth-order valence-electron chi connectivity index (χ4n) is 2.61. The summed E-state index contributed by atoms with van der Waals surface area (Å²) in [5.41, 5.74) is 5.27. The van der Waals surface area contributed by atoms with Crippen LogP contribution in [0.5, 0.6) is 0 Å². The van der Waals surface area contributed by atoms with Crippen LogP contribution < -0.4 is 5.32 Å². The van der Waals surface area contributed by atoms with E-state index in [9.17, 15) is 0 Å². The zero-order chi connectivity index (χ0) is 14.7. The van der Waals surface area contributed by atoms with E-state index in [-0.39, 0.29) is 0 Å². The summed E-state index contributed by atoms with van der Waals surface area (Å²) in [7, 11) is 0. The van der Waals surface area contributed by atoms with Gasteiger partial charge in [0.25, 0.3) is 0 Å². The number of imidazole rings is 1. The molecule has 1 aromatic heterocycles. The second-order valence-corrected chi connectivity index (χ2v) is 5.85. The van der Waals surface area contributed by atoms with Gasteiger partial charge >= 0.3 is 0 Å². The summed E-state index contributed by atoms with van der Waals surface area (Å²) in [5, 5.41) is 3.60. The maximum atomic E-state index is 4.25. The molecule has 0 amide bonds. The summed E-state index contributed by atoms with van der Waals surface area (Å²) in [4.78, 5) is 4.25. The highest BCUT2D eigenvalue weighted by Gasteiger charge is 2.10. The summed E-state index contributed by atoms with van der Waals surface area (Å²) in [6, 6.07) is 7.43. The van der Waals surface area contributed by atoms with Crippen molar-refractivity contribution in [2.24, 2.45) is 0 Å². The predicted octanol–water partition coefficient (Wildman–Crippen LogP) is 3.93. The molecule has 2 aromatic rings. The Morgan fingerprint density at radius 3 is 2.60 bits per heavy atom. The van der Waals surface area contributed by atoms with Crippen LogP contribution in [0.4, 0.5) is 0 Å². The minimum absolute atomic E-state index is 0.339. The number of hydrogen-bond donors (Lipinski definition) is 1. The number of aryl methyl sites for hydroxylation is 2. The van der Waals surface area contributed by atoms with Crippen LogP contribution >= 0.6 is 0 Å². The molecule has 3 heteroatoms. The van der Waals surface area contributed by atoms with E-state index < -0.39 is 0 Å². The molecule has 0 spiro atoms. The second kappa shape index (κ2) is 6.23. The van der Waals surface area contributed by atoms with Crippen LogP contribution in [-0.4, -0.2) is 9.55 Å². The monoisotopic (exact) mass is 271 g/mol. The molecule has 0 aliphatic heterocycles. The average Bonchev–Trinajstić information content (AvgIpc) is 2.84. The van der Waals surface area contributed by atoms with Gasteiger partial charge in [-0.1, -0.05) is 23.8 Å². The van der Waals surface area contributed by atoms with Crippen LogP contribution in [-0.2, 0) is 6.54 Å². The number of aromatic nitrogens is 2. The minimum atomic E-state index is 0.339. The molecule has 20 heavy (non-hydrogen) atoms. The fraction of sp³-hybridized carbons (Fsp3) is 0.471. The first kappa shape index (κ1) is 14.8. The molecular weight excluding hydrogens is 246 g/mol. The van der Waals surface area contributed by atoms with E-state index in [1.807, 2.05) is 12.5 Å². The lowest BCUT2D eigenvalue weighted by Crippen LogP contribution is -2.21. The standard InChI is InChI=1S/C17H25N3/c1-12(2)20-11-18-9-16(20)10-19-15(5)17-7-6-13(3)8-14(17)4/h6-9,11-12,15,19H,10H2,1-5H3. The summed E-state index contributed by atoms with van der Waals surface area (Å²) >= 11 is 0. The number of hydrogen-bond acceptors (Lipinski definition) is 2. The van der Waals surface area contributed by atoms with Gasteiger partial charge in [0.15, 0.2) is 0 Å². The number of benzene rings is 1. The van der Waals surface area contributed by atoms with Crippen molar-refractivity contribution in [1.82, 2.24) is 14.9 Å². The molecule has 2 rings (SSSR count). The Morgan fingerprint density at radius 1 is 1.20 bits per heavy atom. The molecule has 0 aliphatic carbocycles. The summed E-state index contributed by atoms with van der Waals surface area (Å²) in [6.45, 7) is 11.7. The van der Waals surface area contributed by atoms with Gasteiger partial charge in [-0.15, -0.1) is 0 Å². The first-order valence-electron chi connectivity index (χ1n) is 7.30. The lowest BCUT2D eigenvalue weighted by atomic mass is 10.0. The SMILES string of the molecule is Cc1ccc(C(C)NCc2cncn2C(C)C)c(C)c1. The van der Waals surface area contributed by atoms with Crippen LogP contribution in [0.25, 0.3) is 0 Å². The Morgan fingerprint density at radius 2 is 1.95 bits per heavy atom. The van der Waals surface area contributed by atoms with Crippen molar-refractivity contribution in [1.29, 1.82) is 0 Å². The van der Waals surface area contributed by atoms with Crippen molar-refractivity contribution >= 4 is 0 Å². The molecule has 1 aromatic carbocycles. The van der Waals surface area contributed by atoms with Crippen LogP contribution in [0.1, 0.15) is 55.2 Å². The van der Waals surface area contributed by atoms with Crippen LogP contribution in [0.2, 0.25) is 0 Å². The number of nitrogens with zero attached hydrogens (tertiary/aromatic N) is 2. The third-order valence-electron chi connectivity index (χ3n) is 3.78. The Balaban J connectivity index is 2.05. The van der Waals surface area contributed by atoms with Gasteiger partial charge in [-0.2, -0.15) is 0 Å². The van der Waals surface area contributed by atoms with Gasteiger partial charge in [-0.05, 0) is 45.7 Å². The van der Waals surface area contributed by atoms with Gasteiger partial charge < -0.3 is 9.88 Å². The third-order valence-corrected chi connectivity index (χ3v) is 3.78. The maximum absolute atomic E-state index is 4.25. The molecule has 0 saturated heterocycles. The number of nitrogens with one attached hydrogen (secondary N) is 1. The lowest BCUT2D eigenvalue weighted by molar-refractivity contribution is 0.517. The quantitative estimate of drug-likeness (QED) is 0.893. The van der Waals surface area contributed by atoms with Gasteiger partial charge in [0.1, 0.15) is 0 Å². The first-order chi connectivity index (χ1) is 9.49. The van der Waals surface area contributed by atoms with Crippen molar-refractivity contribution in [3.8, 4) is 0 Å². The molecule has 0 bridgehead atoms. The van der Waals surface area contributed by atoms with E-state index in [1.165, 1.54) is 22.4 Å². The largest absolute Gasteiger partial charge is 0.331 e. The van der Waals surface area contributed by atoms with E-state index in [4.69, 9.17) is 0 Å². The average molecular weight is 271 g/mol. The zero-order valence-corrected chi connectivity index (χ0v) is 13.1.